The minimum atomic E-state index is -0.503. The van der Waals surface area contributed by atoms with Gasteiger partial charge in [0.15, 0.2) is 0 Å². The number of methoxy groups -OCH3 is 1. The second kappa shape index (κ2) is 9.39. The summed E-state index contributed by atoms with van der Waals surface area (Å²) in [4.78, 5) is 29.3. The van der Waals surface area contributed by atoms with Gasteiger partial charge in [0.2, 0.25) is 5.91 Å². The molecule has 1 aromatic rings. The number of rotatable bonds is 4. The van der Waals surface area contributed by atoms with Crippen LogP contribution in [-0.4, -0.2) is 74.7 Å². The number of ether oxygens (including phenoxy) is 2. The Hall–Kier alpha value is -1.83. The Morgan fingerprint density at radius 3 is 2.37 bits per heavy atom. The summed E-state index contributed by atoms with van der Waals surface area (Å²) in [5.41, 5.74) is 6.05. The van der Waals surface area contributed by atoms with Crippen LogP contribution in [0.2, 0.25) is 0 Å². The van der Waals surface area contributed by atoms with E-state index in [0.29, 0.717) is 70.1 Å². The highest BCUT2D eigenvalue weighted by Gasteiger charge is 2.42. The predicted octanol–water partition coefficient (Wildman–Crippen LogP) is 1.16. The maximum absolute atomic E-state index is 13.0. The Labute approximate surface area is 166 Å². The maximum Gasteiger partial charge on any atom is 0.254 e. The van der Waals surface area contributed by atoms with Crippen molar-refractivity contribution in [1.82, 2.24) is 9.80 Å². The summed E-state index contributed by atoms with van der Waals surface area (Å²) in [7, 11) is 1.58. The first kappa shape index (κ1) is 21.5. The molecule has 0 unspecified atom stereocenters. The van der Waals surface area contributed by atoms with Gasteiger partial charge >= 0.3 is 0 Å². The van der Waals surface area contributed by atoms with Crippen molar-refractivity contribution >= 4 is 24.2 Å². The van der Waals surface area contributed by atoms with Crippen LogP contribution >= 0.6 is 12.4 Å². The fourth-order valence-electron chi connectivity index (χ4n) is 3.65. The van der Waals surface area contributed by atoms with Crippen LogP contribution in [0.15, 0.2) is 24.3 Å². The molecule has 150 valence electrons. The molecule has 8 heteroatoms. The Kier molecular flexibility index (Phi) is 7.47. The predicted molar refractivity (Wildman–Crippen MR) is 104 cm³/mol. The molecule has 1 aromatic carbocycles. The number of amides is 2. The minimum absolute atomic E-state index is 0. The summed E-state index contributed by atoms with van der Waals surface area (Å²) in [6.07, 6.45) is 1.34. The second-order valence-electron chi connectivity index (χ2n) is 6.91. The minimum Gasteiger partial charge on any atom is -0.497 e. The summed E-state index contributed by atoms with van der Waals surface area (Å²) >= 11 is 0. The SMILES string of the molecule is COc1cccc(C(=O)N2CCN(C(=O)C3(CN)CCOCC3)CC2)c1.Cl. The zero-order chi connectivity index (χ0) is 18.6. The van der Waals surface area contributed by atoms with Crippen LogP contribution in [0.3, 0.4) is 0 Å². The largest absolute Gasteiger partial charge is 0.497 e. The Balaban J connectivity index is 0.00000261. The highest BCUT2D eigenvalue weighted by molar-refractivity contribution is 5.95. The average Bonchev–Trinajstić information content (AvgIpc) is 2.73. The number of benzene rings is 1. The monoisotopic (exact) mass is 397 g/mol. The van der Waals surface area contributed by atoms with Crippen molar-refractivity contribution in [3.8, 4) is 5.75 Å². The van der Waals surface area contributed by atoms with Crippen molar-refractivity contribution in [3.05, 3.63) is 29.8 Å². The quantitative estimate of drug-likeness (QED) is 0.824. The molecule has 2 saturated heterocycles. The fraction of sp³-hybridized carbons (Fsp3) is 0.579. The number of halogens is 1. The molecule has 2 fully saturated rings. The van der Waals surface area contributed by atoms with E-state index in [2.05, 4.69) is 0 Å². The molecule has 2 heterocycles. The standard InChI is InChI=1S/C19H27N3O4.ClH/c1-25-16-4-2-3-15(13-16)17(23)21-7-9-22(10-8-21)18(24)19(14-20)5-11-26-12-6-19;/h2-4,13H,5-12,14,20H2,1H3;1H. The van der Waals surface area contributed by atoms with E-state index in [-0.39, 0.29) is 24.2 Å². The Morgan fingerprint density at radius 2 is 1.78 bits per heavy atom. The van der Waals surface area contributed by atoms with Gasteiger partial charge in [-0.05, 0) is 31.0 Å². The lowest BCUT2D eigenvalue weighted by atomic mass is 9.78. The van der Waals surface area contributed by atoms with Crippen LogP contribution in [0.1, 0.15) is 23.2 Å². The van der Waals surface area contributed by atoms with E-state index < -0.39 is 5.41 Å². The lowest BCUT2D eigenvalue weighted by molar-refractivity contribution is -0.148. The number of piperazine rings is 1. The number of hydrogen-bond donors (Lipinski definition) is 1. The third-order valence-electron chi connectivity index (χ3n) is 5.47. The van der Waals surface area contributed by atoms with Gasteiger partial charge in [0.1, 0.15) is 5.75 Å². The molecule has 2 aliphatic heterocycles. The van der Waals surface area contributed by atoms with E-state index in [1.165, 1.54) is 0 Å². The number of hydrogen-bond acceptors (Lipinski definition) is 5. The summed E-state index contributed by atoms with van der Waals surface area (Å²) < 4.78 is 10.6. The lowest BCUT2D eigenvalue weighted by Crippen LogP contribution is -2.57. The fourth-order valence-corrected chi connectivity index (χ4v) is 3.65. The van der Waals surface area contributed by atoms with Crippen molar-refractivity contribution in [2.45, 2.75) is 12.8 Å². The van der Waals surface area contributed by atoms with Gasteiger partial charge in [0, 0.05) is 51.5 Å². The van der Waals surface area contributed by atoms with E-state index in [9.17, 15) is 9.59 Å². The van der Waals surface area contributed by atoms with Crippen LogP contribution in [0.25, 0.3) is 0 Å². The molecular weight excluding hydrogens is 370 g/mol. The number of carbonyl (C=O) groups excluding carboxylic acids is 2. The number of nitrogens with zero attached hydrogens (tertiary/aromatic N) is 2. The first-order chi connectivity index (χ1) is 12.6. The first-order valence-corrected chi connectivity index (χ1v) is 9.10. The van der Waals surface area contributed by atoms with Crippen LogP contribution in [-0.2, 0) is 9.53 Å². The molecule has 2 aliphatic rings. The number of nitrogens with two attached hydrogens (primary N) is 1. The molecule has 0 spiro atoms. The molecule has 27 heavy (non-hydrogen) atoms. The van der Waals surface area contributed by atoms with Crippen molar-refractivity contribution < 1.29 is 19.1 Å². The summed E-state index contributed by atoms with van der Waals surface area (Å²) in [6.45, 7) is 3.64. The summed E-state index contributed by atoms with van der Waals surface area (Å²) in [5.74, 6) is 0.737. The zero-order valence-electron chi connectivity index (χ0n) is 15.7. The normalized spacial score (nSPS) is 19.2. The first-order valence-electron chi connectivity index (χ1n) is 9.10. The molecule has 0 atom stereocenters. The molecule has 0 bridgehead atoms. The molecule has 0 aliphatic carbocycles. The molecule has 0 saturated carbocycles. The van der Waals surface area contributed by atoms with Crippen LogP contribution < -0.4 is 10.5 Å². The summed E-state index contributed by atoms with van der Waals surface area (Å²) in [6, 6.07) is 7.15. The lowest BCUT2D eigenvalue weighted by Gasteiger charge is -2.42. The van der Waals surface area contributed by atoms with Crippen LogP contribution in [0.5, 0.6) is 5.75 Å². The molecule has 0 aromatic heterocycles. The van der Waals surface area contributed by atoms with Gasteiger partial charge in [-0.2, -0.15) is 0 Å². The van der Waals surface area contributed by atoms with Gasteiger partial charge in [-0.3, -0.25) is 9.59 Å². The Morgan fingerprint density at radius 1 is 1.15 bits per heavy atom. The third kappa shape index (κ3) is 4.54. The van der Waals surface area contributed by atoms with Gasteiger partial charge in [0.25, 0.3) is 5.91 Å². The van der Waals surface area contributed by atoms with Gasteiger partial charge < -0.3 is 25.0 Å². The van der Waals surface area contributed by atoms with Crippen LogP contribution in [0.4, 0.5) is 0 Å². The molecule has 3 rings (SSSR count). The number of carbonyl (C=O) groups is 2. The van der Waals surface area contributed by atoms with Gasteiger partial charge in [-0.15, -0.1) is 12.4 Å². The summed E-state index contributed by atoms with van der Waals surface area (Å²) in [5, 5.41) is 0. The van der Waals surface area contributed by atoms with E-state index in [0.717, 1.165) is 0 Å². The smallest absolute Gasteiger partial charge is 0.254 e. The zero-order valence-corrected chi connectivity index (χ0v) is 16.5. The molecule has 2 N–H and O–H groups in total. The van der Waals surface area contributed by atoms with E-state index in [1.54, 1.807) is 24.1 Å². The molecule has 2 amide bonds. The second-order valence-corrected chi connectivity index (χ2v) is 6.91. The molecule has 7 nitrogen and oxygen atoms in total. The van der Waals surface area contributed by atoms with E-state index in [4.69, 9.17) is 15.2 Å². The topological polar surface area (TPSA) is 85.1 Å². The third-order valence-corrected chi connectivity index (χ3v) is 5.47. The van der Waals surface area contributed by atoms with Crippen molar-refractivity contribution in [2.75, 3.05) is 53.0 Å². The van der Waals surface area contributed by atoms with Gasteiger partial charge in [0.05, 0.1) is 12.5 Å². The Bertz CT molecular complexity index is 656. The van der Waals surface area contributed by atoms with E-state index >= 15 is 0 Å². The van der Waals surface area contributed by atoms with Crippen molar-refractivity contribution in [1.29, 1.82) is 0 Å². The molecule has 0 radical (unpaired) electrons. The van der Waals surface area contributed by atoms with E-state index in [1.807, 2.05) is 17.0 Å². The van der Waals surface area contributed by atoms with Gasteiger partial charge in [-0.25, -0.2) is 0 Å². The van der Waals surface area contributed by atoms with Crippen molar-refractivity contribution in [2.24, 2.45) is 11.1 Å². The maximum atomic E-state index is 13.0. The van der Waals surface area contributed by atoms with Gasteiger partial charge in [-0.1, -0.05) is 6.07 Å². The highest BCUT2D eigenvalue weighted by Crippen LogP contribution is 2.32. The van der Waals surface area contributed by atoms with Crippen molar-refractivity contribution in [3.63, 3.8) is 0 Å². The van der Waals surface area contributed by atoms with Crippen LogP contribution in [0, 0.1) is 5.41 Å². The highest BCUT2D eigenvalue weighted by atomic mass is 35.5. The average molecular weight is 398 g/mol. The molecular formula is C19H28ClN3O4.